The van der Waals surface area contributed by atoms with Gasteiger partial charge in [0.1, 0.15) is 5.75 Å². The minimum Gasteiger partial charge on any atom is -0.496 e. The molecule has 6 nitrogen and oxygen atoms in total. The third-order valence-corrected chi connectivity index (χ3v) is 6.40. The minimum atomic E-state index is -0.132. The molecular weight excluding hydrogens is 414 g/mol. The topological polar surface area (TPSA) is 80.3 Å². The van der Waals surface area contributed by atoms with E-state index in [0.717, 1.165) is 54.6 Å². The molecule has 3 aromatic rings. The highest BCUT2D eigenvalue weighted by Crippen LogP contribution is 2.38. The summed E-state index contributed by atoms with van der Waals surface area (Å²) in [5, 5.41) is 7.83. The number of carbonyl (C=O) groups excluding carboxylic acids is 2. The molecule has 0 saturated carbocycles. The number of Topliss-reactive ketones (excluding diaryl/α,β-unsaturated/α-hetero) is 1. The Morgan fingerprint density at radius 3 is 2.58 bits per heavy atom. The number of rotatable bonds is 7. The standard InChI is InChI=1S/C27H27N3O3/c1-33-24-13-6-12-21-25(24)26(19-10-4-5-11-20(19)30-21)29-15-7-14-28-22-16-23(31)17-8-2-3-9-18(17)27(22)32/h2-3,6,8-9,12-13,16,28H,4-5,7,10-11,14-15H2,1H3,(H,29,30). The van der Waals surface area contributed by atoms with Gasteiger partial charge >= 0.3 is 0 Å². The van der Waals surface area contributed by atoms with Crippen molar-refractivity contribution in [1.29, 1.82) is 0 Å². The van der Waals surface area contributed by atoms with Crippen LogP contribution in [0.2, 0.25) is 0 Å². The van der Waals surface area contributed by atoms with E-state index < -0.39 is 0 Å². The van der Waals surface area contributed by atoms with E-state index in [0.29, 0.717) is 23.4 Å². The van der Waals surface area contributed by atoms with Crippen molar-refractivity contribution in [3.8, 4) is 5.75 Å². The smallest absolute Gasteiger partial charge is 0.209 e. The van der Waals surface area contributed by atoms with Crippen molar-refractivity contribution in [2.45, 2.75) is 32.1 Å². The Balaban J connectivity index is 1.29. The van der Waals surface area contributed by atoms with Crippen molar-refractivity contribution >= 4 is 28.2 Å². The van der Waals surface area contributed by atoms with Crippen LogP contribution in [0.25, 0.3) is 10.9 Å². The second kappa shape index (κ2) is 9.06. The fourth-order valence-electron chi connectivity index (χ4n) is 4.78. The van der Waals surface area contributed by atoms with E-state index in [1.165, 1.54) is 23.8 Å². The molecule has 168 valence electrons. The molecule has 0 spiro atoms. The Morgan fingerprint density at radius 1 is 0.939 bits per heavy atom. The van der Waals surface area contributed by atoms with Gasteiger partial charge in [0, 0.05) is 36.0 Å². The number of ketones is 2. The van der Waals surface area contributed by atoms with Crippen molar-refractivity contribution in [1.82, 2.24) is 10.3 Å². The van der Waals surface area contributed by atoms with E-state index in [9.17, 15) is 9.59 Å². The van der Waals surface area contributed by atoms with Crippen LogP contribution in [0.15, 0.2) is 54.2 Å². The van der Waals surface area contributed by atoms with Gasteiger partial charge in [-0.3, -0.25) is 14.6 Å². The fraction of sp³-hybridized carbons (Fsp3) is 0.296. The van der Waals surface area contributed by atoms with Gasteiger partial charge in [-0.15, -0.1) is 0 Å². The number of methoxy groups -OCH3 is 1. The first-order valence-electron chi connectivity index (χ1n) is 11.5. The second-order valence-corrected chi connectivity index (χ2v) is 8.48. The molecule has 2 aliphatic rings. The lowest BCUT2D eigenvalue weighted by molar-refractivity contribution is 0.0978. The zero-order valence-corrected chi connectivity index (χ0v) is 18.7. The lowest BCUT2D eigenvalue weighted by Gasteiger charge is -2.23. The number of carbonyl (C=O) groups is 2. The molecule has 0 unspecified atom stereocenters. The summed E-state index contributed by atoms with van der Waals surface area (Å²) < 4.78 is 5.65. The largest absolute Gasteiger partial charge is 0.496 e. The van der Waals surface area contributed by atoms with Gasteiger partial charge < -0.3 is 15.4 Å². The molecular formula is C27H27N3O3. The van der Waals surface area contributed by atoms with Crippen LogP contribution in [-0.4, -0.2) is 36.7 Å². The SMILES string of the molecule is COc1cccc2nc3c(c(NCCCNC4=CC(=O)c5ccccc5C4=O)c12)CCCC3. The van der Waals surface area contributed by atoms with Crippen LogP contribution in [0.5, 0.6) is 5.75 Å². The molecule has 1 aromatic heterocycles. The number of benzene rings is 2. The molecule has 2 N–H and O–H groups in total. The van der Waals surface area contributed by atoms with Crippen LogP contribution in [0.4, 0.5) is 5.69 Å². The number of fused-ring (bicyclic) bond motifs is 3. The summed E-state index contributed by atoms with van der Waals surface area (Å²) in [6.45, 7) is 1.31. The van der Waals surface area contributed by atoms with Crippen molar-refractivity contribution in [2.75, 3.05) is 25.5 Å². The summed E-state index contributed by atoms with van der Waals surface area (Å²) >= 11 is 0. The number of pyridine rings is 1. The zero-order chi connectivity index (χ0) is 22.8. The molecule has 6 heteroatoms. The van der Waals surface area contributed by atoms with Crippen LogP contribution >= 0.6 is 0 Å². The highest BCUT2D eigenvalue weighted by atomic mass is 16.5. The van der Waals surface area contributed by atoms with Crippen molar-refractivity contribution < 1.29 is 14.3 Å². The molecule has 0 bridgehead atoms. The Labute approximate surface area is 193 Å². The van der Waals surface area contributed by atoms with Crippen LogP contribution in [0, 0.1) is 0 Å². The maximum absolute atomic E-state index is 12.7. The fourth-order valence-corrected chi connectivity index (χ4v) is 4.78. The van der Waals surface area contributed by atoms with Crippen LogP contribution in [0.1, 0.15) is 51.2 Å². The molecule has 0 amide bonds. The summed E-state index contributed by atoms with van der Waals surface area (Å²) in [7, 11) is 1.69. The number of aromatic nitrogens is 1. The third kappa shape index (κ3) is 3.97. The average molecular weight is 442 g/mol. The highest BCUT2D eigenvalue weighted by Gasteiger charge is 2.25. The summed E-state index contributed by atoms with van der Waals surface area (Å²) in [6.07, 6.45) is 6.55. The van der Waals surface area contributed by atoms with Gasteiger partial charge in [0.15, 0.2) is 5.78 Å². The number of aryl methyl sites for hydroxylation is 1. The summed E-state index contributed by atoms with van der Waals surface area (Å²) in [5.41, 5.74) is 5.84. The molecule has 2 aromatic carbocycles. The van der Waals surface area contributed by atoms with Gasteiger partial charge in [-0.05, 0) is 49.8 Å². The van der Waals surface area contributed by atoms with Gasteiger partial charge in [0.25, 0.3) is 0 Å². The molecule has 0 radical (unpaired) electrons. The molecule has 1 heterocycles. The van der Waals surface area contributed by atoms with Crippen molar-refractivity contribution in [3.05, 3.63) is 76.6 Å². The summed E-state index contributed by atoms with van der Waals surface area (Å²) in [5.74, 6) is 0.564. The lowest BCUT2D eigenvalue weighted by Crippen LogP contribution is -2.28. The molecule has 0 aliphatic heterocycles. The Hall–Kier alpha value is -3.67. The molecule has 2 aliphatic carbocycles. The lowest BCUT2D eigenvalue weighted by atomic mass is 9.92. The maximum Gasteiger partial charge on any atom is 0.209 e. The summed E-state index contributed by atoms with van der Waals surface area (Å²) in [6, 6.07) is 12.9. The quantitative estimate of drug-likeness (QED) is 0.527. The maximum atomic E-state index is 12.7. The van der Waals surface area contributed by atoms with E-state index in [4.69, 9.17) is 9.72 Å². The number of nitrogens with zero attached hydrogens (tertiary/aromatic N) is 1. The number of hydrogen-bond donors (Lipinski definition) is 2. The van der Waals surface area contributed by atoms with Gasteiger partial charge in [-0.2, -0.15) is 0 Å². The number of hydrogen-bond acceptors (Lipinski definition) is 6. The minimum absolute atomic E-state index is 0.128. The Kier molecular flexibility index (Phi) is 5.82. The van der Waals surface area contributed by atoms with Gasteiger partial charge in [0.2, 0.25) is 5.78 Å². The predicted octanol–water partition coefficient (Wildman–Crippen LogP) is 4.48. The van der Waals surface area contributed by atoms with E-state index in [-0.39, 0.29) is 11.6 Å². The number of ether oxygens (including phenoxy) is 1. The van der Waals surface area contributed by atoms with Gasteiger partial charge in [0.05, 0.1) is 29.4 Å². The van der Waals surface area contributed by atoms with Crippen LogP contribution < -0.4 is 15.4 Å². The third-order valence-electron chi connectivity index (χ3n) is 6.40. The van der Waals surface area contributed by atoms with Crippen molar-refractivity contribution in [2.24, 2.45) is 0 Å². The predicted molar refractivity (Wildman–Crippen MR) is 129 cm³/mol. The second-order valence-electron chi connectivity index (χ2n) is 8.48. The zero-order valence-electron chi connectivity index (χ0n) is 18.7. The van der Waals surface area contributed by atoms with E-state index >= 15 is 0 Å². The first-order valence-corrected chi connectivity index (χ1v) is 11.5. The number of nitrogens with one attached hydrogen (secondary N) is 2. The molecule has 33 heavy (non-hydrogen) atoms. The van der Waals surface area contributed by atoms with Crippen LogP contribution in [0.3, 0.4) is 0 Å². The van der Waals surface area contributed by atoms with Crippen molar-refractivity contribution in [3.63, 3.8) is 0 Å². The Bertz CT molecular complexity index is 1280. The number of anilines is 1. The molecule has 0 atom stereocenters. The van der Waals surface area contributed by atoms with Gasteiger partial charge in [-0.25, -0.2) is 0 Å². The molecule has 0 saturated heterocycles. The van der Waals surface area contributed by atoms with E-state index in [2.05, 4.69) is 10.6 Å². The first-order chi connectivity index (χ1) is 16.2. The normalized spacial score (nSPS) is 15.0. The number of allylic oxidation sites excluding steroid dienone is 2. The van der Waals surface area contributed by atoms with E-state index in [1.54, 1.807) is 31.4 Å². The monoisotopic (exact) mass is 441 g/mol. The summed E-state index contributed by atoms with van der Waals surface area (Å²) in [4.78, 5) is 30.0. The first kappa shape index (κ1) is 21.2. The molecule has 5 rings (SSSR count). The average Bonchev–Trinajstić information content (AvgIpc) is 2.85. The van der Waals surface area contributed by atoms with E-state index in [1.807, 2.05) is 18.2 Å². The molecule has 0 fully saturated rings. The highest BCUT2D eigenvalue weighted by molar-refractivity contribution is 6.24. The van der Waals surface area contributed by atoms with Gasteiger partial charge in [-0.1, -0.05) is 30.3 Å². The van der Waals surface area contributed by atoms with Crippen LogP contribution in [-0.2, 0) is 12.8 Å². The Morgan fingerprint density at radius 2 is 1.73 bits per heavy atom.